The number of hydrogen-bond donors (Lipinski definition) is 1. The average molecular weight is 459 g/mol. The topological polar surface area (TPSA) is 67.3 Å². The zero-order valence-electron chi connectivity index (χ0n) is 17.1. The normalized spacial score (nSPS) is 23.2. The van der Waals surface area contributed by atoms with Gasteiger partial charge in [-0.3, -0.25) is 4.90 Å². The van der Waals surface area contributed by atoms with Crippen molar-refractivity contribution in [3.8, 4) is 5.88 Å². The van der Waals surface area contributed by atoms with Gasteiger partial charge in [-0.1, -0.05) is 12.1 Å². The van der Waals surface area contributed by atoms with Crippen LogP contribution < -0.4 is 10.1 Å². The molecule has 3 aromatic rings. The molecule has 6 nitrogen and oxygen atoms in total. The van der Waals surface area contributed by atoms with E-state index in [0.717, 1.165) is 48.1 Å². The van der Waals surface area contributed by atoms with Crippen molar-refractivity contribution in [2.75, 3.05) is 6.26 Å². The van der Waals surface area contributed by atoms with Gasteiger partial charge >= 0.3 is 6.09 Å². The maximum absolute atomic E-state index is 13.2. The van der Waals surface area contributed by atoms with Crippen LogP contribution in [0.4, 0.5) is 9.18 Å². The Morgan fingerprint density at radius 1 is 1.23 bits per heavy atom. The summed E-state index contributed by atoms with van der Waals surface area (Å²) < 4.78 is 18.7. The van der Waals surface area contributed by atoms with Gasteiger partial charge in [-0.25, -0.2) is 19.2 Å². The lowest BCUT2D eigenvalue weighted by Crippen LogP contribution is -2.50. The Bertz CT molecular complexity index is 1080. The van der Waals surface area contributed by atoms with E-state index in [1.165, 1.54) is 35.2 Å². The molecule has 9 heteroatoms. The summed E-state index contributed by atoms with van der Waals surface area (Å²) in [5.74, 6) is 0.0493. The molecule has 2 unspecified atom stereocenters. The van der Waals surface area contributed by atoms with Gasteiger partial charge < -0.3 is 10.1 Å². The largest absolute Gasteiger partial charge is 0.414 e. The van der Waals surface area contributed by atoms with Crippen molar-refractivity contribution in [1.82, 2.24) is 20.2 Å². The van der Waals surface area contributed by atoms with Crippen molar-refractivity contribution in [1.29, 1.82) is 0 Å². The van der Waals surface area contributed by atoms with Crippen LogP contribution in [0.5, 0.6) is 5.88 Å². The molecule has 0 aliphatic carbocycles. The van der Waals surface area contributed by atoms with Crippen molar-refractivity contribution >= 4 is 39.5 Å². The Morgan fingerprint density at radius 2 is 1.97 bits per heavy atom. The van der Waals surface area contributed by atoms with Gasteiger partial charge in [0.1, 0.15) is 16.2 Å². The predicted octanol–water partition coefficient (Wildman–Crippen LogP) is 4.84. The molecule has 2 saturated heterocycles. The monoisotopic (exact) mass is 458 g/mol. The number of benzene rings is 1. The first-order valence-electron chi connectivity index (χ1n) is 10.4. The van der Waals surface area contributed by atoms with Crippen LogP contribution in [0.2, 0.25) is 0 Å². The summed E-state index contributed by atoms with van der Waals surface area (Å²) in [6, 6.07) is 9.51. The fourth-order valence-electron chi connectivity index (χ4n) is 4.69. The summed E-state index contributed by atoms with van der Waals surface area (Å²) in [6.07, 6.45) is 5.43. The van der Waals surface area contributed by atoms with Crippen molar-refractivity contribution < 1.29 is 13.9 Å². The molecule has 0 spiro atoms. The van der Waals surface area contributed by atoms with Gasteiger partial charge in [-0.05, 0) is 61.1 Å². The zero-order valence-corrected chi connectivity index (χ0v) is 18.7. The molecule has 1 N–H and O–H groups in total. The van der Waals surface area contributed by atoms with E-state index >= 15 is 0 Å². The molecular weight excluding hydrogens is 435 g/mol. The number of hydrogen-bond acceptors (Lipinski definition) is 7. The quantitative estimate of drug-likeness (QED) is 0.552. The van der Waals surface area contributed by atoms with Crippen molar-refractivity contribution in [3.63, 3.8) is 0 Å². The van der Waals surface area contributed by atoms with Crippen LogP contribution in [0.25, 0.3) is 10.3 Å². The molecule has 5 rings (SSSR count). The van der Waals surface area contributed by atoms with Crippen LogP contribution in [0.3, 0.4) is 0 Å². The molecule has 1 amide bonds. The summed E-state index contributed by atoms with van der Waals surface area (Å²) >= 11 is 2.93. The Labute approximate surface area is 188 Å². The molecule has 0 saturated carbocycles. The van der Waals surface area contributed by atoms with Gasteiger partial charge in [0.05, 0.1) is 0 Å². The molecule has 2 atom stereocenters. The van der Waals surface area contributed by atoms with E-state index in [2.05, 4.69) is 20.2 Å². The number of carbonyl (C=O) groups is 1. The van der Waals surface area contributed by atoms with Gasteiger partial charge in [0.15, 0.2) is 5.03 Å². The van der Waals surface area contributed by atoms with E-state index in [0.29, 0.717) is 17.1 Å². The van der Waals surface area contributed by atoms with Gasteiger partial charge in [0.2, 0.25) is 0 Å². The molecule has 162 valence electrons. The van der Waals surface area contributed by atoms with Crippen LogP contribution in [-0.4, -0.2) is 45.3 Å². The first-order valence-corrected chi connectivity index (χ1v) is 12.5. The second kappa shape index (κ2) is 8.72. The number of thiophene rings is 1. The third kappa shape index (κ3) is 4.40. The number of halogens is 1. The van der Waals surface area contributed by atoms with Crippen LogP contribution in [0.15, 0.2) is 40.7 Å². The Morgan fingerprint density at radius 3 is 2.68 bits per heavy atom. The second-order valence-corrected chi connectivity index (χ2v) is 9.72. The number of ether oxygens (including phenoxy) is 1. The maximum atomic E-state index is 13.2. The SMILES string of the molecule is CSc1nc2sccc2nc1OC(=O)NC1CC2CCC(C1)N2Cc1ccc(F)cc1. The Kier molecular flexibility index (Phi) is 5.81. The number of thioether (sulfide) groups is 1. The standard InChI is InChI=1S/C22H23FN4O2S2/c1-30-21-19(25-18-8-9-31-20(18)26-21)29-22(28)24-15-10-16-6-7-17(11-15)27(16)12-13-2-4-14(23)5-3-13/h2-5,8-9,15-17H,6-7,10-12H2,1H3,(H,24,28). The molecule has 31 heavy (non-hydrogen) atoms. The minimum absolute atomic E-state index is 0.0741. The summed E-state index contributed by atoms with van der Waals surface area (Å²) in [5, 5.41) is 5.58. The van der Waals surface area contributed by atoms with E-state index in [4.69, 9.17) is 4.74 Å². The highest BCUT2D eigenvalue weighted by Crippen LogP contribution is 2.37. The third-order valence-electron chi connectivity index (χ3n) is 6.10. The molecular formula is C22H23FN4O2S2. The van der Waals surface area contributed by atoms with Gasteiger partial charge in [0, 0.05) is 24.7 Å². The minimum atomic E-state index is -0.476. The lowest BCUT2D eigenvalue weighted by Gasteiger charge is -2.39. The lowest BCUT2D eigenvalue weighted by atomic mass is 9.96. The highest BCUT2D eigenvalue weighted by molar-refractivity contribution is 7.98. The second-order valence-electron chi connectivity index (χ2n) is 8.04. The van der Waals surface area contributed by atoms with Gasteiger partial charge in [-0.15, -0.1) is 23.1 Å². The molecule has 2 bridgehead atoms. The van der Waals surface area contributed by atoms with Crippen LogP contribution in [-0.2, 0) is 6.54 Å². The highest BCUT2D eigenvalue weighted by Gasteiger charge is 2.41. The van der Waals surface area contributed by atoms with Crippen molar-refractivity contribution in [3.05, 3.63) is 47.1 Å². The summed E-state index contributed by atoms with van der Waals surface area (Å²) in [7, 11) is 0. The number of nitrogens with zero attached hydrogens (tertiary/aromatic N) is 3. The number of amides is 1. The number of aromatic nitrogens is 2. The minimum Gasteiger partial charge on any atom is -0.388 e. The van der Waals surface area contributed by atoms with E-state index in [1.54, 1.807) is 0 Å². The molecule has 2 aliphatic heterocycles. The summed E-state index contributed by atoms with van der Waals surface area (Å²) in [5.41, 5.74) is 1.86. The molecule has 2 fully saturated rings. The smallest absolute Gasteiger partial charge is 0.388 e. The molecule has 2 aliphatic rings. The predicted molar refractivity (Wildman–Crippen MR) is 120 cm³/mol. The van der Waals surface area contributed by atoms with Crippen LogP contribution in [0.1, 0.15) is 31.2 Å². The van der Waals surface area contributed by atoms with E-state index < -0.39 is 6.09 Å². The Hall–Kier alpha value is -2.23. The number of carbonyl (C=O) groups excluding carboxylic acids is 1. The molecule has 1 aromatic carbocycles. The summed E-state index contributed by atoms with van der Waals surface area (Å²) in [4.78, 5) is 24.9. The molecule has 2 aromatic heterocycles. The first kappa shape index (κ1) is 20.7. The van der Waals surface area contributed by atoms with E-state index in [9.17, 15) is 9.18 Å². The van der Waals surface area contributed by atoms with Gasteiger partial charge in [0.25, 0.3) is 5.88 Å². The number of fused-ring (bicyclic) bond motifs is 3. The lowest BCUT2D eigenvalue weighted by molar-refractivity contribution is 0.107. The number of nitrogens with one attached hydrogen (secondary N) is 1. The maximum Gasteiger partial charge on any atom is 0.414 e. The van der Waals surface area contributed by atoms with E-state index in [-0.39, 0.29) is 17.7 Å². The zero-order chi connectivity index (χ0) is 21.4. The summed E-state index contributed by atoms with van der Waals surface area (Å²) in [6.45, 7) is 0.820. The molecule has 0 radical (unpaired) electrons. The third-order valence-corrected chi connectivity index (χ3v) is 7.55. The van der Waals surface area contributed by atoms with E-state index in [1.807, 2.05) is 29.8 Å². The van der Waals surface area contributed by atoms with Crippen LogP contribution in [0, 0.1) is 5.82 Å². The van der Waals surface area contributed by atoms with Crippen molar-refractivity contribution in [2.24, 2.45) is 0 Å². The fourth-order valence-corrected chi connectivity index (χ4v) is 5.90. The first-order chi connectivity index (χ1) is 15.1. The fraction of sp³-hybridized carbons (Fsp3) is 0.409. The van der Waals surface area contributed by atoms with Crippen LogP contribution >= 0.6 is 23.1 Å². The van der Waals surface area contributed by atoms with Gasteiger partial charge in [-0.2, -0.15) is 0 Å². The number of rotatable bonds is 5. The Balaban J connectivity index is 1.21. The number of piperidine rings is 1. The van der Waals surface area contributed by atoms with Crippen molar-refractivity contribution in [2.45, 2.75) is 55.4 Å². The molecule has 4 heterocycles. The average Bonchev–Trinajstić information content (AvgIpc) is 3.29. The highest BCUT2D eigenvalue weighted by atomic mass is 32.2.